The van der Waals surface area contributed by atoms with Crippen LogP contribution in [0.3, 0.4) is 0 Å². The lowest BCUT2D eigenvalue weighted by Crippen LogP contribution is -2.39. The molecule has 0 aromatic heterocycles. The monoisotopic (exact) mass is 352 g/mol. The fourth-order valence-corrected chi connectivity index (χ4v) is 3.85. The summed E-state index contributed by atoms with van der Waals surface area (Å²) in [5.41, 5.74) is 0.466. The molecule has 2 rings (SSSR count). The van der Waals surface area contributed by atoms with Crippen molar-refractivity contribution in [2.24, 2.45) is 0 Å². The Morgan fingerprint density at radius 2 is 1.89 bits per heavy atom. The molecule has 0 aliphatic carbocycles. The smallest absolute Gasteiger partial charge is 0.270 e. The minimum atomic E-state index is -3.48. The summed E-state index contributed by atoms with van der Waals surface area (Å²) in [6.07, 6.45) is 2.92. The molecule has 0 saturated carbocycles. The van der Waals surface area contributed by atoms with Crippen molar-refractivity contribution in [1.29, 1.82) is 0 Å². The summed E-state index contributed by atoms with van der Waals surface area (Å²) in [6.45, 7) is 1.15. The Bertz CT molecular complexity index is 530. The van der Waals surface area contributed by atoms with Gasteiger partial charge in [-0.25, -0.2) is 0 Å². The standard InChI is InChI=1S/C11H14BrClN2O2S/c12-10-5-4-9(13)8-11(10)14-18(16,17)15-6-2-1-3-7-15/h4-5,8,14H,1-3,6-7H2. The third-order valence-corrected chi connectivity index (χ3v) is 5.27. The van der Waals surface area contributed by atoms with Crippen LogP contribution >= 0.6 is 27.5 Å². The molecule has 1 aromatic rings. The van der Waals surface area contributed by atoms with E-state index in [2.05, 4.69) is 20.7 Å². The molecular weight excluding hydrogens is 340 g/mol. The number of anilines is 1. The lowest BCUT2D eigenvalue weighted by atomic mass is 10.2. The normalized spacial score (nSPS) is 17.7. The second-order valence-corrected chi connectivity index (χ2v) is 7.15. The summed E-state index contributed by atoms with van der Waals surface area (Å²) in [7, 11) is -3.48. The molecule has 1 aliphatic heterocycles. The molecule has 0 bridgehead atoms. The van der Waals surface area contributed by atoms with Gasteiger partial charge in [0.25, 0.3) is 0 Å². The van der Waals surface area contributed by atoms with E-state index in [0.717, 1.165) is 19.3 Å². The van der Waals surface area contributed by atoms with E-state index < -0.39 is 10.2 Å². The number of hydrogen-bond acceptors (Lipinski definition) is 2. The number of halogens is 2. The van der Waals surface area contributed by atoms with Gasteiger partial charge >= 0.3 is 10.2 Å². The Balaban J connectivity index is 2.18. The van der Waals surface area contributed by atoms with Crippen molar-refractivity contribution in [3.63, 3.8) is 0 Å². The molecule has 1 saturated heterocycles. The number of benzene rings is 1. The van der Waals surface area contributed by atoms with Gasteiger partial charge in [-0.1, -0.05) is 18.0 Å². The Hall–Kier alpha value is -0.300. The maximum absolute atomic E-state index is 12.2. The predicted octanol–water partition coefficient (Wildman–Crippen LogP) is 3.25. The van der Waals surface area contributed by atoms with Crippen LogP contribution in [0.5, 0.6) is 0 Å². The molecule has 0 atom stereocenters. The van der Waals surface area contributed by atoms with Crippen LogP contribution in [0.15, 0.2) is 22.7 Å². The molecule has 1 aromatic carbocycles. The number of nitrogens with one attached hydrogen (secondary N) is 1. The largest absolute Gasteiger partial charge is 0.301 e. The minimum Gasteiger partial charge on any atom is -0.270 e. The van der Waals surface area contributed by atoms with E-state index >= 15 is 0 Å². The van der Waals surface area contributed by atoms with E-state index in [-0.39, 0.29) is 0 Å². The summed E-state index contributed by atoms with van der Waals surface area (Å²) in [5, 5.41) is 0.495. The fourth-order valence-electron chi connectivity index (χ4n) is 1.88. The first-order chi connectivity index (χ1) is 8.49. The highest BCUT2D eigenvalue weighted by atomic mass is 79.9. The van der Waals surface area contributed by atoms with E-state index in [1.54, 1.807) is 18.2 Å². The number of nitrogens with zero attached hydrogens (tertiary/aromatic N) is 1. The van der Waals surface area contributed by atoms with Gasteiger partial charge in [0.05, 0.1) is 5.69 Å². The lowest BCUT2D eigenvalue weighted by molar-refractivity contribution is 0.349. The third kappa shape index (κ3) is 3.38. The van der Waals surface area contributed by atoms with E-state index in [9.17, 15) is 8.42 Å². The molecule has 0 spiro atoms. The highest BCUT2D eigenvalue weighted by Gasteiger charge is 2.24. The second-order valence-electron chi connectivity index (χ2n) is 4.19. The molecule has 1 N–H and O–H groups in total. The Kier molecular flexibility index (Phi) is 4.53. The average Bonchev–Trinajstić information content (AvgIpc) is 2.35. The van der Waals surface area contributed by atoms with E-state index in [0.29, 0.717) is 28.3 Å². The zero-order chi connectivity index (χ0) is 13.2. The van der Waals surface area contributed by atoms with Gasteiger partial charge < -0.3 is 0 Å². The number of piperidine rings is 1. The quantitative estimate of drug-likeness (QED) is 0.907. The van der Waals surface area contributed by atoms with Gasteiger partial charge in [0.2, 0.25) is 0 Å². The van der Waals surface area contributed by atoms with E-state index in [1.807, 2.05) is 0 Å². The van der Waals surface area contributed by atoms with Crippen LogP contribution < -0.4 is 4.72 Å². The molecule has 1 aliphatic rings. The van der Waals surface area contributed by atoms with Crippen LogP contribution in [-0.4, -0.2) is 25.8 Å². The highest BCUT2D eigenvalue weighted by Crippen LogP contribution is 2.27. The summed E-state index contributed by atoms with van der Waals surface area (Å²) < 4.78 is 29.1. The molecule has 100 valence electrons. The van der Waals surface area contributed by atoms with Crippen LogP contribution in [0.1, 0.15) is 19.3 Å². The first-order valence-corrected chi connectivity index (χ1v) is 8.33. The van der Waals surface area contributed by atoms with E-state index in [1.165, 1.54) is 4.31 Å². The zero-order valence-electron chi connectivity index (χ0n) is 9.70. The van der Waals surface area contributed by atoms with Crippen LogP contribution in [0.4, 0.5) is 5.69 Å². The third-order valence-electron chi connectivity index (χ3n) is 2.82. The maximum Gasteiger partial charge on any atom is 0.301 e. The average molecular weight is 354 g/mol. The van der Waals surface area contributed by atoms with Crippen molar-refractivity contribution in [1.82, 2.24) is 4.31 Å². The number of rotatable bonds is 3. The molecule has 0 unspecified atom stereocenters. The summed E-state index contributed by atoms with van der Waals surface area (Å²) in [6, 6.07) is 5.01. The van der Waals surface area contributed by atoms with Gasteiger partial charge in [-0.05, 0) is 47.0 Å². The molecular formula is C11H14BrClN2O2S. The first-order valence-electron chi connectivity index (χ1n) is 5.72. The van der Waals surface area contributed by atoms with Gasteiger partial charge in [-0.2, -0.15) is 12.7 Å². The zero-order valence-corrected chi connectivity index (χ0v) is 12.9. The molecule has 0 radical (unpaired) electrons. The van der Waals surface area contributed by atoms with Crippen molar-refractivity contribution >= 4 is 43.4 Å². The van der Waals surface area contributed by atoms with Crippen LogP contribution in [0.2, 0.25) is 5.02 Å². The van der Waals surface area contributed by atoms with Gasteiger partial charge in [0, 0.05) is 22.6 Å². The van der Waals surface area contributed by atoms with Crippen LogP contribution in [0, 0.1) is 0 Å². The SMILES string of the molecule is O=S(=O)(Nc1cc(Cl)ccc1Br)N1CCCCC1. The van der Waals surface area contributed by atoms with Crippen molar-refractivity contribution in [3.05, 3.63) is 27.7 Å². The Morgan fingerprint density at radius 3 is 2.56 bits per heavy atom. The lowest BCUT2D eigenvalue weighted by Gasteiger charge is -2.26. The van der Waals surface area contributed by atoms with Gasteiger partial charge in [-0.3, -0.25) is 4.72 Å². The predicted molar refractivity (Wildman–Crippen MR) is 77.1 cm³/mol. The second kappa shape index (κ2) is 5.77. The summed E-state index contributed by atoms with van der Waals surface area (Å²) in [5.74, 6) is 0. The van der Waals surface area contributed by atoms with E-state index in [4.69, 9.17) is 11.6 Å². The molecule has 1 fully saturated rings. The van der Waals surface area contributed by atoms with Gasteiger partial charge in [0.1, 0.15) is 0 Å². The van der Waals surface area contributed by atoms with Gasteiger partial charge in [-0.15, -0.1) is 0 Å². The van der Waals surface area contributed by atoms with Crippen molar-refractivity contribution in [2.75, 3.05) is 17.8 Å². The Morgan fingerprint density at radius 1 is 1.22 bits per heavy atom. The maximum atomic E-state index is 12.2. The van der Waals surface area contributed by atoms with Crippen molar-refractivity contribution in [2.45, 2.75) is 19.3 Å². The van der Waals surface area contributed by atoms with Crippen LogP contribution in [-0.2, 0) is 10.2 Å². The molecule has 7 heteroatoms. The first kappa shape index (κ1) is 14.1. The van der Waals surface area contributed by atoms with Crippen molar-refractivity contribution < 1.29 is 8.42 Å². The van der Waals surface area contributed by atoms with Gasteiger partial charge in [0.15, 0.2) is 0 Å². The fraction of sp³-hybridized carbons (Fsp3) is 0.455. The topological polar surface area (TPSA) is 49.4 Å². The highest BCUT2D eigenvalue weighted by molar-refractivity contribution is 9.10. The number of hydrogen-bond donors (Lipinski definition) is 1. The summed E-state index contributed by atoms with van der Waals surface area (Å²) >= 11 is 9.17. The molecule has 0 amide bonds. The van der Waals surface area contributed by atoms with Crippen LogP contribution in [0.25, 0.3) is 0 Å². The Labute approximate surface area is 121 Å². The molecule has 4 nitrogen and oxygen atoms in total. The summed E-state index contributed by atoms with van der Waals surface area (Å²) in [4.78, 5) is 0. The van der Waals surface area contributed by atoms with Crippen molar-refractivity contribution in [3.8, 4) is 0 Å². The molecule has 1 heterocycles. The minimum absolute atomic E-state index is 0.466. The molecule has 18 heavy (non-hydrogen) atoms.